The third-order valence-electron chi connectivity index (χ3n) is 4.23. The highest BCUT2D eigenvalue weighted by Gasteiger charge is 2.55. The summed E-state index contributed by atoms with van der Waals surface area (Å²) >= 11 is 0. The van der Waals surface area contributed by atoms with Crippen LogP contribution in [-0.4, -0.2) is 13.1 Å². The number of fused-ring (bicyclic) bond motifs is 5. The van der Waals surface area contributed by atoms with E-state index in [4.69, 9.17) is 9.47 Å². The largest absolute Gasteiger partial charge is 0.466 e. The van der Waals surface area contributed by atoms with Crippen molar-refractivity contribution in [3.05, 3.63) is 82.9 Å². The van der Waals surface area contributed by atoms with E-state index in [9.17, 15) is 4.79 Å². The van der Waals surface area contributed by atoms with Gasteiger partial charge in [0.1, 0.15) is 6.10 Å². The summed E-state index contributed by atoms with van der Waals surface area (Å²) in [7, 11) is 1.40. The summed E-state index contributed by atoms with van der Waals surface area (Å²) in [6, 6.07) is 17.9. The maximum atomic E-state index is 12.2. The van der Waals surface area contributed by atoms with Crippen molar-refractivity contribution in [1.29, 1.82) is 0 Å². The van der Waals surface area contributed by atoms with Gasteiger partial charge in [0.2, 0.25) is 0 Å². The molecular formula is C18H14O3. The van der Waals surface area contributed by atoms with E-state index in [-0.39, 0.29) is 12.1 Å². The normalized spacial score (nSPS) is 25.4. The summed E-state index contributed by atoms with van der Waals surface area (Å²) in [5.74, 6) is -0.337. The zero-order valence-corrected chi connectivity index (χ0v) is 11.6. The van der Waals surface area contributed by atoms with E-state index in [0.717, 1.165) is 16.7 Å². The molecule has 0 saturated heterocycles. The van der Waals surface area contributed by atoms with Crippen LogP contribution in [0.2, 0.25) is 0 Å². The van der Waals surface area contributed by atoms with Crippen LogP contribution in [0.25, 0.3) is 0 Å². The fraction of sp³-hybridized carbons (Fsp3) is 0.167. The lowest BCUT2D eigenvalue weighted by atomic mass is 9.76. The van der Waals surface area contributed by atoms with Gasteiger partial charge >= 0.3 is 5.97 Å². The molecule has 0 fully saturated rings. The standard InChI is InChI=1S/C18H14O3/c1-20-17(19)15-11-16-13-9-5-6-10-14(13)18(15,21-16)12-7-3-2-4-8-12/h2-11,16H,1H3/t16-,18-/m0/s1. The highest BCUT2D eigenvalue weighted by molar-refractivity contribution is 5.94. The predicted molar refractivity (Wildman–Crippen MR) is 77.6 cm³/mol. The Morgan fingerprint density at radius 3 is 2.57 bits per heavy atom. The molecule has 0 spiro atoms. The van der Waals surface area contributed by atoms with Gasteiger partial charge in [-0.25, -0.2) is 4.79 Å². The van der Waals surface area contributed by atoms with Gasteiger partial charge in [-0.3, -0.25) is 0 Å². The molecule has 0 radical (unpaired) electrons. The van der Waals surface area contributed by atoms with E-state index in [0.29, 0.717) is 5.57 Å². The number of carbonyl (C=O) groups is 1. The Hall–Kier alpha value is -2.39. The molecule has 3 nitrogen and oxygen atoms in total. The molecule has 104 valence electrons. The molecule has 2 aromatic carbocycles. The third-order valence-corrected chi connectivity index (χ3v) is 4.23. The smallest absolute Gasteiger partial charge is 0.337 e. The summed E-state index contributed by atoms with van der Waals surface area (Å²) in [6.45, 7) is 0. The Morgan fingerprint density at radius 1 is 1.10 bits per heavy atom. The molecule has 0 aromatic heterocycles. The minimum absolute atomic E-state index is 0.185. The van der Waals surface area contributed by atoms with Crippen molar-refractivity contribution in [1.82, 2.24) is 0 Å². The second-order valence-corrected chi connectivity index (χ2v) is 5.24. The van der Waals surface area contributed by atoms with Crippen LogP contribution >= 0.6 is 0 Å². The molecule has 0 unspecified atom stereocenters. The molecule has 4 rings (SSSR count). The van der Waals surface area contributed by atoms with Gasteiger partial charge in [0.15, 0.2) is 5.60 Å². The van der Waals surface area contributed by atoms with E-state index < -0.39 is 5.60 Å². The third kappa shape index (κ3) is 1.49. The number of methoxy groups -OCH3 is 1. The lowest BCUT2D eigenvalue weighted by Crippen LogP contribution is -2.32. The van der Waals surface area contributed by atoms with E-state index in [2.05, 4.69) is 6.07 Å². The summed E-state index contributed by atoms with van der Waals surface area (Å²) in [6.07, 6.45) is 1.69. The Morgan fingerprint density at radius 2 is 1.81 bits per heavy atom. The van der Waals surface area contributed by atoms with Crippen LogP contribution in [0, 0.1) is 0 Å². The van der Waals surface area contributed by atoms with Crippen LogP contribution < -0.4 is 0 Å². The first kappa shape index (κ1) is 12.4. The van der Waals surface area contributed by atoms with Crippen molar-refractivity contribution in [2.45, 2.75) is 11.7 Å². The number of esters is 1. The van der Waals surface area contributed by atoms with Gasteiger partial charge in [0, 0.05) is 0 Å². The lowest BCUT2D eigenvalue weighted by Gasteiger charge is -2.29. The van der Waals surface area contributed by atoms with Gasteiger partial charge in [0.25, 0.3) is 0 Å². The zero-order valence-electron chi connectivity index (χ0n) is 11.6. The highest BCUT2D eigenvalue weighted by atomic mass is 16.5. The second-order valence-electron chi connectivity index (χ2n) is 5.24. The maximum absolute atomic E-state index is 12.2. The Labute approximate surface area is 122 Å². The molecule has 0 N–H and O–H groups in total. The molecule has 3 heteroatoms. The predicted octanol–water partition coefficient (Wildman–Crippen LogP) is 3.11. The van der Waals surface area contributed by atoms with Crippen LogP contribution in [0.15, 0.2) is 66.2 Å². The SMILES string of the molecule is COC(=O)C1=C[C@@H]2O[C@@]1(c1ccccc1)c1ccccc12. The summed E-state index contributed by atoms with van der Waals surface area (Å²) in [4.78, 5) is 12.2. The van der Waals surface area contributed by atoms with Crippen molar-refractivity contribution in [3.63, 3.8) is 0 Å². The molecule has 2 atom stereocenters. The zero-order chi connectivity index (χ0) is 14.4. The fourth-order valence-electron chi connectivity index (χ4n) is 3.36. The van der Waals surface area contributed by atoms with E-state index in [1.807, 2.05) is 54.6 Å². The lowest BCUT2D eigenvalue weighted by molar-refractivity contribution is -0.138. The summed E-state index contributed by atoms with van der Waals surface area (Å²) in [5.41, 5.74) is 2.84. The van der Waals surface area contributed by atoms with Gasteiger partial charge in [-0.15, -0.1) is 0 Å². The maximum Gasteiger partial charge on any atom is 0.337 e. The van der Waals surface area contributed by atoms with Crippen LogP contribution in [0.1, 0.15) is 22.8 Å². The molecule has 2 aromatic rings. The van der Waals surface area contributed by atoms with E-state index in [1.165, 1.54) is 7.11 Å². The molecule has 0 saturated carbocycles. The van der Waals surface area contributed by atoms with Crippen molar-refractivity contribution in [3.8, 4) is 0 Å². The van der Waals surface area contributed by atoms with Crippen LogP contribution in [0.5, 0.6) is 0 Å². The molecule has 2 aliphatic rings. The molecule has 0 aliphatic carbocycles. The topological polar surface area (TPSA) is 35.5 Å². The fourth-order valence-corrected chi connectivity index (χ4v) is 3.36. The first-order valence-corrected chi connectivity index (χ1v) is 6.91. The van der Waals surface area contributed by atoms with Crippen LogP contribution in [0.3, 0.4) is 0 Å². The number of carbonyl (C=O) groups excluding carboxylic acids is 1. The van der Waals surface area contributed by atoms with Crippen molar-refractivity contribution in [2.24, 2.45) is 0 Å². The number of rotatable bonds is 2. The Bertz CT molecular complexity index is 748. The Balaban J connectivity index is 1.99. The molecular weight excluding hydrogens is 264 g/mol. The minimum atomic E-state index is -0.838. The number of benzene rings is 2. The molecule has 0 amide bonds. The van der Waals surface area contributed by atoms with Gasteiger partial charge in [-0.05, 0) is 22.8 Å². The van der Waals surface area contributed by atoms with Crippen molar-refractivity contribution in [2.75, 3.05) is 7.11 Å². The first-order chi connectivity index (χ1) is 10.3. The quantitative estimate of drug-likeness (QED) is 0.792. The molecule has 2 bridgehead atoms. The molecule has 2 heterocycles. The minimum Gasteiger partial charge on any atom is -0.466 e. The van der Waals surface area contributed by atoms with Crippen molar-refractivity contribution < 1.29 is 14.3 Å². The highest BCUT2D eigenvalue weighted by Crippen LogP contribution is 2.57. The summed E-state index contributed by atoms with van der Waals surface area (Å²) < 4.78 is 11.2. The summed E-state index contributed by atoms with van der Waals surface area (Å²) in [5, 5.41) is 0. The first-order valence-electron chi connectivity index (χ1n) is 6.91. The number of ether oxygens (including phenoxy) is 2. The van der Waals surface area contributed by atoms with Gasteiger partial charge in [-0.1, -0.05) is 54.6 Å². The van der Waals surface area contributed by atoms with Gasteiger partial charge in [-0.2, -0.15) is 0 Å². The average Bonchev–Trinajstić information content (AvgIpc) is 3.11. The number of hydrogen-bond donors (Lipinski definition) is 0. The van der Waals surface area contributed by atoms with Crippen LogP contribution in [-0.2, 0) is 19.9 Å². The van der Waals surface area contributed by atoms with Gasteiger partial charge < -0.3 is 9.47 Å². The number of hydrogen-bond acceptors (Lipinski definition) is 3. The van der Waals surface area contributed by atoms with E-state index in [1.54, 1.807) is 0 Å². The average molecular weight is 278 g/mol. The Kier molecular flexibility index (Phi) is 2.53. The van der Waals surface area contributed by atoms with Gasteiger partial charge in [0.05, 0.1) is 12.7 Å². The van der Waals surface area contributed by atoms with Crippen molar-refractivity contribution >= 4 is 5.97 Å². The monoisotopic (exact) mass is 278 g/mol. The van der Waals surface area contributed by atoms with E-state index >= 15 is 0 Å². The van der Waals surface area contributed by atoms with Crippen LogP contribution in [0.4, 0.5) is 0 Å². The second kappa shape index (κ2) is 4.30. The molecule has 21 heavy (non-hydrogen) atoms. The molecule has 2 aliphatic heterocycles.